The molecule has 0 bridgehead atoms. The van der Waals surface area contributed by atoms with Crippen LogP contribution in [0, 0.1) is 33.7 Å². The molecule has 4 aromatic rings. The van der Waals surface area contributed by atoms with E-state index in [2.05, 4.69) is 45.0 Å². The normalized spacial score (nSPS) is 21.4. The molecule has 2 aliphatic heterocycles. The highest BCUT2D eigenvalue weighted by Crippen LogP contribution is 2.51. The van der Waals surface area contributed by atoms with Gasteiger partial charge in [0.15, 0.2) is 11.6 Å². The number of hydrogen-bond acceptors (Lipinski definition) is 7. The van der Waals surface area contributed by atoms with E-state index in [4.69, 9.17) is 9.16 Å². The van der Waals surface area contributed by atoms with Crippen LogP contribution in [-0.4, -0.2) is 49.5 Å². The summed E-state index contributed by atoms with van der Waals surface area (Å²) in [5.74, 6) is -3.56. The van der Waals surface area contributed by atoms with E-state index in [0.29, 0.717) is 24.8 Å². The maximum atomic E-state index is 14.3. The summed E-state index contributed by atoms with van der Waals surface area (Å²) in [5, 5.41) is 23.3. The molecular formula is C45H47FN2O7Si. The highest BCUT2D eigenvalue weighted by Gasteiger charge is 2.58. The highest BCUT2D eigenvalue weighted by atomic mass is 28.4. The fourth-order valence-electron chi connectivity index (χ4n) is 9.08. The quantitative estimate of drug-likeness (QED) is 0.0508. The van der Waals surface area contributed by atoms with Gasteiger partial charge in [-0.1, -0.05) is 112 Å². The number of aromatic hydroxyl groups is 1. The first kappa shape index (κ1) is 39.0. The van der Waals surface area contributed by atoms with E-state index in [1.807, 2.05) is 49.4 Å². The summed E-state index contributed by atoms with van der Waals surface area (Å²) in [7, 11) is -3.00. The van der Waals surface area contributed by atoms with Gasteiger partial charge >= 0.3 is 0 Å². The van der Waals surface area contributed by atoms with Gasteiger partial charge in [0.1, 0.15) is 0 Å². The van der Waals surface area contributed by atoms with E-state index < -0.39 is 36.6 Å². The molecule has 9 nitrogen and oxygen atoms in total. The Morgan fingerprint density at radius 2 is 1.64 bits per heavy atom. The van der Waals surface area contributed by atoms with Crippen LogP contribution in [0.25, 0.3) is 6.08 Å². The van der Waals surface area contributed by atoms with E-state index >= 15 is 0 Å². The minimum absolute atomic E-state index is 0.189. The van der Waals surface area contributed by atoms with Crippen molar-refractivity contribution in [1.82, 2.24) is 0 Å². The van der Waals surface area contributed by atoms with E-state index in [1.54, 1.807) is 12.1 Å². The van der Waals surface area contributed by atoms with Crippen molar-refractivity contribution in [2.45, 2.75) is 64.5 Å². The molecule has 290 valence electrons. The van der Waals surface area contributed by atoms with E-state index in [-0.39, 0.29) is 53.5 Å². The van der Waals surface area contributed by atoms with Crippen molar-refractivity contribution < 1.29 is 33.2 Å². The molecule has 11 heteroatoms. The Labute approximate surface area is 327 Å². The molecule has 2 amide bonds. The number of carbonyl (C=O) groups excluding carboxylic acids is 2. The number of hydrogen-bond donors (Lipinski definition) is 1. The lowest BCUT2D eigenvalue weighted by atomic mass is 9.69. The van der Waals surface area contributed by atoms with Crippen molar-refractivity contribution in [3.05, 3.63) is 141 Å². The predicted octanol–water partition coefficient (Wildman–Crippen LogP) is 8.11. The number of fused-ring (bicyclic) bond motifs is 3. The number of nitrogens with zero attached hydrogens (tertiary/aromatic N) is 2. The highest BCUT2D eigenvalue weighted by molar-refractivity contribution is 6.99. The maximum absolute atomic E-state index is 14.3. The third-order valence-corrected chi connectivity index (χ3v) is 16.7. The van der Waals surface area contributed by atoms with E-state index in [0.717, 1.165) is 38.4 Å². The van der Waals surface area contributed by atoms with Gasteiger partial charge in [-0.2, -0.15) is 0 Å². The van der Waals surface area contributed by atoms with Crippen molar-refractivity contribution in [3.63, 3.8) is 0 Å². The zero-order chi connectivity index (χ0) is 39.8. The number of nitro benzene ring substituents is 1. The number of amides is 2. The second-order valence-corrected chi connectivity index (χ2v) is 20.3. The van der Waals surface area contributed by atoms with Crippen molar-refractivity contribution in [2.75, 3.05) is 18.1 Å². The van der Waals surface area contributed by atoms with Crippen LogP contribution in [0.1, 0.15) is 58.9 Å². The Morgan fingerprint density at radius 3 is 2.25 bits per heavy atom. The molecule has 4 aromatic carbocycles. The Bertz CT molecular complexity index is 2160. The largest absolute Gasteiger partial charge is 0.505 e. The van der Waals surface area contributed by atoms with Gasteiger partial charge in [0, 0.05) is 18.1 Å². The number of anilines is 1. The first-order valence-corrected chi connectivity index (χ1v) is 21.1. The number of allylic oxidation sites excluding steroid dienone is 1. The monoisotopic (exact) mass is 774 g/mol. The van der Waals surface area contributed by atoms with Gasteiger partial charge in [-0.15, -0.1) is 0 Å². The number of phenols is 1. The summed E-state index contributed by atoms with van der Waals surface area (Å²) >= 11 is 0. The molecule has 1 N–H and O–H groups in total. The van der Waals surface area contributed by atoms with Gasteiger partial charge in [0.2, 0.25) is 11.8 Å². The van der Waals surface area contributed by atoms with Crippen molar-refractivity contribution in [1.29, 1.82) is 0 Å². The topological polar surface area (TPSA) is 119 Å². The zero-order valence-corrected chi connectivity index (χ0v) is 33.1. The number of non-ortho nitro benzene ring substituents is 1. The molecule has 7 rings (SSSR count). The molecule has 2 heterocycles. The van der Waals surface area contributed by atoms with Crippen LogP contribution in [0.15, 0.2) is 120 Å². The summed E-state index contributed by atoms with van der Waals surface area (Å²) in [6.07, 6.45) is 3.85. The second kappa shape index (κ2) is 15.7. The molecule has 1 aliphatic carbocycles. The minimum atomic E-state index is -3.00. The summed E-state index contributed by atoms with van der Waals surface area (Å²) < 4.78 is 28.2. The minimum Gasteiger partial charge on any atom is -0.505 e. The Kier molecular flexibility index (Phi) is 11.0. The standard InChI is InChI=1S/C45H47FN2O7Si/c1-5-29(23-30-19-21-39(49)38(46)24-30)20-22-40-41-31(27-55-56(45(2,3)4,34-15-8-6-9-16-34)35-17-10-7-11-18-35)25-36-42(37(41)28-54-40)44(51)47(43(36)50)32-13-12-14-33(26-32)48(52)53/h6-19,21,23-24,26,36-37,40,42,49H,5,20,22,25,27-28H2,1-4H3/b29-23+/t36-,37+,40-,42-/m1/s1. The number of halogens is 1. The van der Waals surface area contributed by atoms with Crippen LogP contribution in [0.4, 0.5) is 15.8 Å². The summed E-state index contributed by atoms with van der Waals surface area (Å²) in [6.45, 7) is 9.18. The van der Waals surface area contributed by atoms with Crippen molar-refractivity contribution >= 4 is 48.0 Å². The lowest BCUT2D eigenvalue weighted by molar-refractivity contribution is -0.384. The Morgan fingerprint density at radius 1 is 0.964 bits per heavy atom. The number of benzene rings is 4. The number of carbonyl (C=O) groups is 2. The molecule has 0 unspecified atom stereocenters. The molecule has 56 heavy (non-hydrogen) atoms. The molecule has 3 aliphatic rings. The van der Waals surface area contributed by atoms with Crippen LogP contribution in [0.2, 0.25) is 5.04 Å². The summed E-state index contributed by atoms with van der Waals surface area (Å²) in [4.78, 5) is 40.9. The SMILES string of the molecule is CC/C(=C\c1ccc(O)c(F)c1)CC[C@H]1OC[C@H]2C1=C(CO[Si](c1ccccc1)(c1ccccc1)C(C)(C)C)C[C@H]1C(=O)N(c3cccc([N+](=O)[O-])c3)C(=O)[C@H]12. The molecule has 4 atom stereocenters. The van der Waals surface area contributed by atoms with Crippen LogP contribution in [0.3, 0.4) is 0 Å². The average Bonchev–Trinajstić information content (AvgIpc) is 3.72. The number of imide groups is 1. The van der Waals surface area contributed by atoms with Crippen LogP contribution >= 0.6 is 0 Å². The molecule has 0 spiro atoms. The lowest BCUT2D eigenvalue weighted by Gasteiger charge is -2.44. The fourth-order valence-corrected chi connectivity index (χ4v) is 13.6. The summed E-state index contributed by atoms with van der Waals surface area (Å²) in [5.41, 5.74) is 3.67. The second-order valence-electron chi connectivity index (χ2n) is 16.0. The zero-order valence-electron chi connectivity index (χ0n) is 32.1. The molecule has 0 aromatic heterocycles. The fraction of sp³-hybridized carbons (Fsp3) is 0.333. The van der Waals surface area contributed by atoms with Crippen LogP contribution in [0.5, 0.6) is 5.75 Å². The smallest absolute Gasteiger partial charge is 0.271 e. The van der Waals surface area contributed by atoms with Gasteiger partial charge in [0.05, 0.1) is 41.8 Å². The first-order chi connectivity index (χ1) is 26.8. The van der Waals surface area contributed by atoms with Crippen molar-refractivity contribution in [3.8, 4) is 5.75 Å². The molecule has 0 radical (unpaired) electrons. The van der Waals surface area contributed by atoms with Crippen LogP contribution in [-0.2, 0) is 18.8 Å². The third kappa shape index (κ3) is 7.15. The number of ether oxygens (including phenoxy) is 1. The average molecular weight is 775 g/mol. The van der Waals surface area contributed by atoms with Gasteiger partial charge in [-0.05, 0) is 76.0 Å². The van der Waals surface area contributed by atoms with E-state index in [1.165, 1.54) is 30.3 Å². The molecular weight excluding hydrogens is 728 g/mol. The molecule has 0 saturated carbocycles. The Hall–Kier alpha value is -5.23. The van der Waals surface area contributed by atoms with E-state index in [9.17, 15) is 29.2 Å². The maximum Gasteiger partial charge on any atom is 0.271 e. The number of rotatable bonds is 12. The number of phenolic OH excluding ortho intramolecular Hbond substituents is 1. The Balaban J connectivity index is 1.28. The molecule has 2 fully saturated rings. The van der Waals surface area contributed by atoms with Gasteiger partial charge in [-0.25, -0.2) is 9.29 Å². The van der Waals surface area contributed by atoms with Gasteiger partial charge in [0.25, 0.3) is 14.0 Å². The van der Waals surface area contributed by atoms with Crippen molar-refractivity contribution in [2.24, 2.45) is 17.8 Å². The van der Waals surface area contributed by atoms with Gasteiger partial charge < -0.3 is 14.3 Å². The predicted molar refractivity (Wildman–Crippen MR) is 217 cm³/mol. The van der Waals surface area contributed by atoms with Crippen LogP contribution < -0.4 is 15.3 Å². The lowest BCUT2D eigenvalue weighted by Crippen LogP contribution is -2.66. The first-order valence-electron chi connectivity index (χ1n) is 19.2. The summed E-state index contributed by atoms with van der Waals surface area (Å²) in [6, 6.07) is 30.7. The number of nitro groups is 1. The molecule has 2 saturated heterocycles. The third-order valence-electron chi connectivity index (χ3n) is 11.7. The van der Waals surface area contributed by atoms with Gasteiger partial charge in [-0.3, -0.25) is 19.7 Å².